The molecule has 2 heterocycles. The highest BCUT2D eigenvalue weighted by Crippen LogP contribution is 2.34. The molecular weight excluding hydrogens is 343 g/mol. The minimum Gasteiger partial charge on any atom is -0.458 e. The van der Waals surface area contributed by atoms with E-state index in [4.69, 9.17) is 4.42 Å². The fourth-order valence-electron chi connectivity index (χ4n) is 2.27. The summed E-state index contributed by atoms with van der Waals surface area (Å²) in [5.74, 6) is 0.203. The topological polar surface area (TPSA) is 33.4 Å². The lowest BCUT2D eigenvalue weighted by molar-refractivity contribution is 0.152. The van der Waals surface area contributed by atoms with Gasteiger partial charge in [-0.2, -0.15) is 0 Å². The summed E-state index contributed by atoms with van der Waals surface area (Å²) in [5.41, 5.74) is 1.39. The molecule has 0 amide bonds. The monoisotopic (exact) mass is 354 g/mol. The molecule has 0 spiro atoms. The van der Waals surface area contributed by atoms with Crippen LogP contribution in [0.15, 0.2) is 38.5 Å². The zero-order valence-corrected chi connectivity index (χ0v) is 13.1. The van der Waals surface area contributed by atoms with Gasteiger partial charge in [0.15, 0.2) is 0 Å². The molecule has 2 nitrogen and oxygen atoms in total. The van der Waals surface area contributed by atoms with Crippen molar-refractivity contribution in [2.75, 3.05) is 0 Å². The Morgan fingerprint density at radius 3 is 2.90 bits per heavy atom. The quantitative estimate of drug-likeness (QED) is 0.719. The first kappa shape index (κ1) is 13.8. The van der Waals surface area contributed by atoms with E-state index in [1.807, 2.05) is 18.4 Å². The minimum absolute atomic E-state index is 0.302. The van der Waals surface area contributed by atoms with Gasteiger partial charge in [-0.1, -0.05) is 0 Å². The van der Waals surface area contributed by atoms with Crippen LogP contribution in [0.2, 0.25) is 0 Å². The van der Waals surface area contributed by atoms with Crippen LogP contribution in [0.1, 0.15) is 22.3 Å². The molecule has 0 saturated heterocycles. The molecule has 3 rings (SSSR count). The number of aryl methyl sites for hydroxylation is 1. The third-order valence-corrected chi connectivity index (χ3v) is 5.26. The van der Waals surface area contributed by atoms with Crippen LogP contribution in [-0.4, -0.2) is 5.11 Å². The molecule has 5 heteroatoms. The molecular formula is C15H12BrFO2S. The van der Waals surface area contributed by atoms with Gasteiger partial charge in [0.05, 0.1) is 0 Å². The molecule has 1 aromatic carbocycles. The fraction of sp³-hybridized carbons (Fsp3) is 0.200. The second-order valence-electron chi connectivity index (χ2n) is 4.64. The number of benzene rings is 1. The van der Waals surface area contributed by atoms with Gasteiger partial charge >= 0.3 is 0 Å². The minimum atomic E-state index is -0.736. The summed E-state index contributed by atoms with van der Waals surface area (Å²) < 4.78 is 19.9. The summed E-state index contributed by atoms with van der Waals surface area (Å²) in [6, 6.07) is 6.34. The second-order valence-corrected chi connectivity index (χ2v) is 6.50. The van der Waals surface area contributed by atoms with Crippen molar-refractivity contribution in [2.24, 2.45) is 0 Å². The van der Waals surface area contributed by atoms with Crippen molar-refractivity contribution < 1.29 is 13.9 Å². The zero-order valence-electron chi connectivity index (χ0n) is 10.7. The van der Waals surface area contributed by atoms with Gasteiger partial charge < -0.3 is 9.52 Å². The standard InChI is InChI=1S/C15H12BrFO2S/c1-8-10-6-9(17)2-3-13(10)19-15(8)12(18)7-14-11(16)4-5-20-14/h2-6,12,18H,7H2,1H3. The third-order valence-electron chi connectivity index (χ3n) is 3.31. The van der Waals surface area contributed by atoms with E-state index in [0.29, 0.717) is 23.2 Å². The van der Waals surface area contributed by atoms with E-state index < -0.39 is 6.10 Å². The maximum absolute atomic E-state index is 13.3. The SMILES string of the molecule is Cc1c(C(O)Cc2sccc2Br)oc2ccc(F)cc12. The molecule has 0 saturated carbocycles. The Kier molecular flexibility index (Phi) is 3.67. The number of hydrogen-bond acceptors (Lipinski definition) is 3. The molecule has 3 aromatic rings. The van der Waals surface area contributed by atoms with E-state index in [9.17, 15) is 9.50 Å². The van der Waals surface area contributed by atoms with Crippen molar-refractivity contribution in [1.82, 2.24) is 0 Å². The van der Waals surface area contributed by atoms with Gasteiger partial charge in [-0.05, 0) is 52.5 Å². The van der Waals surface area contributed by atoms with E-state index in [-0.39, 0.29) is 5.82 Å². The van der Waals surface area contributed by atoms with Gasteiger partial charge in [-0.3, -0.25) is 0 Å². The lowest BCUT2D eigenvalue weighted by Crippen LogP contribution is -2.01. The first-order chi connectivity index (χ1) is 9.56. The van der Waals surface area contributed by atoms with Gasteiger partial charge in [-0.15, -0.1) is 11.3 Å². The molecule has 104 valence electrons. The van der Waals surface area contributed by atoms with Gasteiger partial charge in [-0.25, -0.2) is 4.39 Å². The molecule has 2 aromatic heterocycles. The summed E-state index contributed by atoms with van der Waals surface area (Å²) in [7, 11) is 0. The number of thiophene rings is 1. The predicted octanol–water partition coefficient (Wildman–Crippen LogP) is 4.98. The Morgan fingerprint density at radius 1 is 1.40 bits per heavy atom. The highest BCUT2D eigenvalue weighted by atomic mass is 79.9. The number of aliphatic hydroxyl groups is 1. The Balaban J connectivity index is 1.97. The van der Waals surface area contributed by atoms with E-state index in [2.05, 4.69) is 15.9 Å². The average molecular weight is 355 g/mol. The Labute approximate surface area is 128 Å². The predicted molar refractivity (Wildman–Crippen MR) is 81.6 cm³/mol. The maximum Gasteiger partial charge on any atom is 0.137 e. The first-order valence-corrected chi connectivity index (χ1v) is 7.82. The van der Waals surface area contributed by atoms with Crippen LogP contribution in [0.4, 0.5) is 4.39 Å². The molecule has 0 fully saturated rings. The molecule has 0 aliphatic carbocycles. The molecule has 0 aliphatic heterocycles. The highest BCUT2D eigenvalue weighted by molar-refractivity contribution is 9.10. The van der Waals surface area contributed by atoms with Crippen LogP contribution in [-0.2, 0) is 6.42 Å². The van der Waals surface area contributed by atoms with Crippen LogP contribution in [0.25, 0.3) is 11.0 Å². The maximum atomic E-state index is 13.3. The number of aliphatic hydroxyl groups excluding tert-OH is 1. The molecule has 0 radical (unpaired) electrons. The van der Waals surface area contributed by atoms with Crippen molar-refractivity contribution in [1.29, 1.82) is 0 Å². The lowest BCUT2D eigenvalue weighted by atomic mass is 10.1. The van der Waals surface area contributed by atoms with Crippen LogP contribution in [0.5, 0.6) is 0 Å². The van der Waals surface area contributed by atoms with Crippen molar-refractivity contribution in [3.05, 3.63) is 56.1 Å². The molecule has 20 heavy (non-hydrogen) atoms. The lowest BCUT2D eigenvalue weighted by Gasteiger charge is -2.08. The summed E-state index contributed by atoms with van der Waals surface area (Å²) >= 11 is 5.03. The van der Waals surface area contributed by atoms with Crippen molar-refractivity contribution in [2.45, 2.75) is 19.4 Å². The third kappa shape index (κ3) is 2.41. The van der Waals surface area contributed by atoms with Gasteiger partial charge in [0.25, 0.3) is 0 Å². The summed E-state index contributed by atoms with van der Waals surface area (Å²) in [5, 5.41) is 13.0. The Bertz CT molecular complexity index is 762. The summed E-state index contributed by atoms with van der Waals surface area (Å²) in [6.07, 6.45) is -0.262. The zero-order chi connectivity index (χ0) is 14.3. The van der Waals surface area contributed by atoms with Crippen molar-refractivity contribution in [3.63, 3.8) is 0 Å². The van der Waals surface area contributed by atoms with Crippen LogP contribution >= 0.6 is 27.3 Å². The summed E-state index contributed by atoms with van der Waals surface area (Å²) in [6.45, 7) is 1.84. The van der Waals surface area contributed by atoms with Crippen molar-refractivity contribution >= 4 is 38.2 Å². The van der Waals surface area contributed by atoms with Gasteiger partial charge in [0.1, 0.15) is 23.3 Å². The average Bonchev–Trinajstić information content (AvgIpc) is 2.95. The van der Waals surface area contributed by atoms with Crippen LogP contribution in [0, 0.1) is 12.7 Å². The Morgan fingerprint density at radius 2 is 2.20 bits per heavy atom. The van der Waals surface area contributed by atoms with E-state index >= 15 is 0 Å². The smallest absolute Gasteiger partial charge is 0.137 e. The van der Waals surface area contributed by atoms with Gasteiger partial charge in [0, 0.05) is 26.7 Å². The number of fused-ring (bicyclic) bond motifs is 1. The molecule has 1 N–H and O–H groups in total. The van der Waals surface area contributed by atoms with E-state index in [1.54, 1.807) is 17.4 Å². The fourth-order valence-corrected chi connectivity index (χ4v) is 3.82. The van der Waals surface area contributed by atoms with Crippen LogP contribution < -0.4 is 0 Å². The number of hydrogen-bond donors (Lipinski definition) is 1. The normalized spacial score (nSPS) is 13.0. The highest BCUT2D eigenvalue weighted by Gasteiger charge is 2.20. The number of halogens is 2. The first-order valence-electron chi connectivity index (χ1n) is 6.14. The number of rotatable bonds is 3. The van der Waals surface area contributed by atoms with Crippen molar-refractivity contribution in [3.8, 4) is 0 Å². The molecule has 0 bridgehead atoms. The summed E-state index contributed by atoms with van der Waals surface area (Å²) in [4.78, 5) is 1.06. The van der Waals surface area contributed by atoms with Gasteiger partial charge in [0.2, 0.25) is 0 Å². The second kappa shape index (κ2) is 5.31. The van der Waals surface area contributed by atoms with E-state index in [0.717, 1.165) is 14.9 Å². The largest absolute Gasteiger partial charge is 0.458 e. The molecule has 0 aliphatic rings. The van der Waals surface area contributed by atoms with E-state index in [1.165, 1.54) is 12.1 Å². The molecule has 1 atom stereocenters. The molecule has 1 unspecified atom stereocenters. The Hall–Kier alpha value is -1.17. The van der Waals surface area contributed by atoms with Crippen LogP contribution in [0.3, 0.4) is 0 Å². The number of furan rings is 1.